The van der Waals surface area contributed by atoms with Crippen molar-refractivity contribution in [3.63, 3.8) is 0 Å². The SMILES string of the molecule is CCC.Cc1ccc(F)cc1.O=C(O)CN1C(=O)COC(c2ccc(Cl)c(F)c2)C1c1ccc(Cl)cc1. The second-order valence-electron chi connectivity index (χ2n) is 8.32. The predicted molar refractivity (Wildman–Crippen MR) is 141 cm³/mol. The van der Waals surface area contributed by atoms with Crippen molar-refractivity contribution in [2.75, 3.05) is 13.2 Å². The van der Waals surface area contributed by atoms with Gasteiger partial charge in [-0.15, -0.1) is 0 Å². The summed E-state index contributed by atoms with van der Waals surface area (Å²) in [7, 11) is 0. The standard InChI is InChI=1S/C18H14Cl2FNO4.C7H7F.C3H8/c19-12-4-1-10(2-5-12)17-18(11-3-6-13(20)14(21)7-11)26-9-15(23)22(17)8-16(24)25;1-6-2-4-7(8)5-3-6;1-3-2/h1-7,17-18H,8-9H2,(H,24,25);2-5H,1H3;3H2,1-2H3. The minimum Gasteiger partial charge on any atom is -0.480 e. The third-order valence-corrected chi connectivity index (χ3v) is 5.69. The zero-order valence-electron chi connectivity index (χ0n) is 20.8. The van der Waals surface area contributed by atoms with E-state index >= 15 is 0 Å². The molecule has 1 N–H and O–H groups in total. The van der Waals surface area contributed by atoms with Crippen LogP contribution in [0.5, 0.6) is 0 Å². The Hall–Kier alpha value is -3.00. The molecule has 1 fully saturated rings. The van der Waals surface area contributed by atoms with Crippen LogP contribution >= 0.6 is 23.2 Å². The molecule has 0 aromatic heterocycles. The lowest BCUT2D eigenvalue weighted by atomic mass is 9.92. The Morgan fingerprint density at radius 1 is 1.00 bits per heavy atom. The van der Waals surface area contributed by atoms with Crippen molar-refractivity contribution in [2.24, 2.45) is 0 Å². The van der Waals surface area contributed by atoms with Crippen LogP contribution in [0.4, 0.5) is 8.78 Å². The zero-order valence-corrected chi connectivity index (χ0v) is 22.3. The van der Waals surface area contributed by atoms with Gasteiger partial charge >= 0.3 is 5.97 Å². The maximum absolute atomic E-state index is 13.9. The van der Waals surface area contributed by atoms with Gasteiger partial charge in [-0.2, -0.15) is 0 Å². The number of halogens is 4. The van der Waals surface area contributed by atoms with Gasteiger partial charge in [0.2, 0.25) is 5.91 Å². The number of aliphatic carboxylic acids is 1. The van der Waals surface area contributed by atoms with Gasteiger partial charge in [0.15, 0.2) is 0 Å². The van der Waals surface area contributed by atoms with Crippen molar-refractivity contribution in [1.29, 1.82) is 0 Å². The van der Waals surface area contributed by atoms with Crippen molar-refractivity contribution >= 4 is 35.1 Å². The lowest BCUT2D eigenvalue weighted by Crippen LogP contribution is -2.47. The molecule has 37 heavy (non-hydrogen) atoms. The molecule has 3 aromatic carbocycles. The lowest BCUT2D eigenvalue weighted by molar-refractivity contribution is -0.164. The van der Waals surface area contributed by atoms with Gasteiger partial charge in [-0.25, -0.2) is 8.78 Å². The van der Waals surface area contributed by atoms with E-state index in [-0.39, 0.29) is 17.4 Å². The van der Waals surface area contributed by atoms with E-state index in [4.69, 9.17) is 27.9 Å². The average Bonchev–Trinajstić information content (AvgIpc) is 2.85. The summed E-state index contributed by atoms with van der Waals surface area (Å²) in [6.07, 6.45) is 0.500. The topological polar surface area (TPSA) is 66.8 Å². The number of carboxylic acids is 1. The summed E-state index contributed by atoms with van der Waals surface area (Å²) < 4.78 is 31.7. The Bertz CT molecular complexity index is 1150. The molecule has 1 aliphatic rings. The fourth-order valence-electron chi connectivity index (χ4n) is 3.50. The number of nitrogens with zero attached hydrogens (tertiary/aromatic N) is 1. The number of aryl methyl sites for hydroxylation is 1. The van der Waals surface area contributed by atoms with E-state index in [9.17, 15) is 23.5 Å². The molecule has 5 nitrogen and oxygen atoms in total. The Kier molecular flexibility index (Phi) is 12.0. The molecule has 2 unspecified atom stereocenters. The number of carbonyl (C=O) groups excluding carboxylic acids is 1. The number of rotatable bonds is 4. The Labute approximate surface area is 225 Å². The number of benzene rings is 3. The lowest BCUT2D eigenvalue weighted by Gasteiger charge is -2.40. The van der Waals surface area contributed by atoms with E-state index in [1.54, 1.807) is 42.5 Å². The first kappa shape index (κ1) is 30.2. The third-order valence-electron chi connectivity index (χ3n) is 5.13. The van der Waals surface area contributed by atoms with Crippen LogP contribution in [0.3, 0.4) is 0 Å². The number of morpholine rings is 1. The summed E-state index contributed by atoms with van der Waals surface area (Å²) in [5.41, 5.74) is 2.17. The molecule has 3 aromatic rings. The molecular formula is C28H29Cl2F2NO4. The van der Waals surface area contributed by atoms with Gasteiger partial charge in [0.25, 0.3) is 0 Å². The van der Waals surface area contributed by atoms with Crippen LogP contribution in [0, 0.1) is 18.6 Å². The van der Waals surface area contributed by atoms with Gasteiger partial charge in [-0.3, -0.25) is 9.59 Å². The van der Waals surface area contributed by atoms with Crippen LogP contribution in [0.25, 0.3) is 0 Å². The van der Waals surface area contributed by atoms with E-state index in [0.29, 0.717) is 16.1 Å². The maximum Gasteiger partial charge on any atom is 0.323 e. The second kappa shape index (κ2) is 14.7. The van der Waals surface area contributed by atoms with Crippen molar-refractivity contribution in [1.82, 2.24) is 4.90 Å². The molecular weight excluding hydrogens is 523 g/mol. The molecule has 2 atom stereocenters. The number of hydrogen-bond donors (Lipinski definition) is 1. The van der Waals surface area contributed by atoms with Crippen molar-refractivity contribution in [2.45, 2.75) is 39.3 Å². The normalized spacial score (nSPS) is 16.7. The minimum absolute atomic E-state index is 0.0360. The molecule has 1 saturated heterocycles. The molecule has 9 heteroatoms. The predicted octanol–water partition coefficient (Wildman–Crippen LogP) is 7.41. The van der Waals surface area contributed by atoms with Crippen LogP contribution in [-0.2, 0) is 14.3 Å². The summed E-state index contributed by atoms with van der Waals surface area (Å²) in [6.45, 7) is 5.38. The van der Waals surface area contributed by atoms with Gasteiger partial charge < -0.3 is 14.7 Å². The smallest absolute Gasteiger partial charge is 0.323 e. The number of hydrogen-bond acceptors (Lipinski definition) is 3. The molecule has 4 rings (SSSR count). The average molecular weight is 552 g/mol. The van der Waals surface area contributed by atoms with Crippen LogP contribution < -0.4 is 0 Å². The van der Waals surface area contributed by atoms with Gasteiger partial charge in [0, 0.05) is 5.02 Å². The van der Waals surface area contributed by atoms with Gasteiger partial charge in [-0.1, -0.05) is 79.4 Å². The summed E-state index contributed by atoms with van der Waals surface area (Å²) >= 11 is 11.7. The van der Waals surface area contributed by atoms with Gasteiger partial charge in [0.05, 0.1) is 11.1 Å². The highest BCUT2D eigenvalue weighted by atomic mass is 35.5. The summed E-state index contributed by atoms with van der Waals surface area (Å²) in [5.74, 6) is -2.40. The molecule has 1 aliphatic heterocycles. The number of amides is 1. The van der Waals surface area contributed by atoms with Crippen molar-refractivity contribution in [3.05, 3.63) is 105 Å². The van der Waals surface area contributed by atoms with E-state index in [1.807, 2.05) is 6.92 Å². The van der Waals surface area contributed by atoms with E-state index in [1.165, 1.54) is 35.6 Å². The number of ether oxygens (including phenoxy) is 1. The van der Waals surface area contributed by atoms with Crippen molar-refractivity contribution < 1.29 is 28.2 Å². The maximum atomic E-state index is 13.9. The van der Waals surface area contributed by atoms with Crippen molar-refractivity contribution in [3.8, 4) is 0 Å². The number of carbonyl (C=O) groups is 2. The zero-order chi connectivity index (χ0) is 27.5. The fraction of sp³-hybridized carbons (Fsp3) is 0.286. The second-order valence-corrected chi connectivity index (χ2v) is 9.16. The molecule has 0 bridgehead atoms. The van der Waals surface area contributed by atoms with Crippen LogP contribution in [-0.4, -0.2) is 35.0 Å². The van der Waals surface area contributed by atoms with Crippen LogP contribution in [0.15, 0.2) is 66.7 Å². The minimum atomic E-state index is -1.15. The Balaban J connectivity index is 0.000000365. The summed E-state index contributed by atoms with van der Waals surface area (Å²) in [4.78, 5) is 24.8. The van der Waals surface area contributed by atoms with E-state index in [0.717, 1.165) is 5.56 Å². The van der Waals surface area contributed by atoms with E-state index < -0.39 is 36.4 Å². The largest absolute Gasteiger partial charge is 0.480 e. The van der Waals surface area contributed by atoms with Gasteiger partial charge in [0.1, 0.15) is 30.9 Å². The molecule has 0 saturated carbocycles. The summed E-state index contributed by atoms with van der Waals surface area (Å²) in [5, 5.41) is 9.66. The summed E-state index contributed by atoms with van der Waals surface area (Å²) in [6, 6.07) is 16.5. The molecule has 0 spiro atoms. The van der Waals surface area contributed by atoms with E-state index in [2.05, 4.69) is 13.8 Å². The highest BCUT2D eigenvalue weighted by Gasteiger charge is 2.39. The quantitative estimate of drug-likeness (QED) is 0.366. The first-order valence-corrected chi connectivity index (χ1v) is 12.4. The molecule has 198 valence electrons. The Morgan fingerprint density at radius 2 is 1.57 bits per heavy atom. The highest BCUT2D eigenvalue weighted by molar-refractivity contribution is 6.30. The third kappa shape index (κ3) is 9.11. The van der Waals surface area contributed by atoms with Crippen LogP contribution in [0.1, 0.15) is 49.1 Å². The monoisotopic (exact) mass is 551 g/mol. The number of carboxylic acid groups (broad SMARTS) is 1. The molecule has 1 amide bonds. The fourth-order valence-corrected chi connectivity index (χ4v) is 3.75. The Morgan fingerprint density at radius 3 is 2.08 bits per heavy atom. The van der Waals surface area contributed by atoms with Crippen LogP contribution in [0.2, 0.25) is 10.0 Å². The molecule has 1 heterocycles. The highest BCUT2D eigenvalue weighted by Crippen LogP contribution is 2.40. The molecule has 0 radical (unpaired) electrons. The van der Waals surface area contributed by atoms with Gasteiger partial charge in [-0.05, 0) is 54.4 Å². The first-order valence-electron chi connectivity index (χ1n) is 11.6. The molecule has 0 aliphatic carbocycles. The first-order chi connectivity index (χ1) is 17.6.